The molecule has 0 saturated carbocycles. The zero-order valence-corrected chi connectivity index (χ0v) is 17.6. The molecule has 3 N–H and O–H groups in total. The molecule has 1 aromatic rings. The third-order valence-electron chi connectivity index (χ3n) is 3.58. The Bertz CT molecular complexity index is 797. The van der Waals surface area contributed by atoms with E-state index >= 15 is 0 Å². The summed E-state index contributed by atoms with van der Waals surface area (Å²) in [6.07, 6.45) is -3.05. The summed E-state index contributed by atoms with van der Waals surface area (Å²) in [5.41, 5.74) is -1.55. The Morgan fingerprint density at radius 2 is 2.00 bits per heavy atom. The zero-order chi connectivity index (χ0) is 22.1. The normalized spacial score (nSPS) is 16.8. The molecule has 0 fully saturated rings. The van der Waals surface area contributed by atoms with Crippen molar-refractivity contribution < 1.29 is 32.9 Å². The third-order valence-corrected chi connectivity index (χ3v) is 4.68. The van der Waals surface area contributed by atoms with E-state index in [4.69, 9.17) is 14.0 Å². The molecule has 0 spiro atoms. The number of aliphatic hydroxyl groups excluding tert-OH is 1. The minimum atomic E-state index is -2.92. The van der Waals surface area contributed by atoms with Crippen LogP contribution in [-0.2, 0) is 23.4 Å². The number of carbonyl (C=O) groups excluding carboxylic acids is 1. The molecular formula is C16H27FN3O8P. The molecule has 0 aliphatic heterocycles. The maximum atomic E-state index is 13.4. The first-order chi connectivity index (χ1) is 13.5. The Kier molecular flexibility index (Phi) is 10.4. The minimum Gasteiger partial charge on any atom is -0.462 e. The molecule has 0 aliphatic carbocycles. The first kappa shape index (κ1) is 25.2. The van der Waals surface area contributed by atoms with E-state index in [1.54, 1.807) is 13.8 Å². The van der Waals surface area contributed by atoms with E-state index in [9.17, 15) is 28.4 Å². The molecule has 1 rings (SSSR count). The van der Waals surface area contributed by atoms with Gasteiger partial charge in [0.2, 0.25) is 0 Å². The van der Waals surface area contributed by atoms with Gasteiger partial charge in [0.25, 0.3) is 13.7 Å². The number of alkyl halides is 1. The zero-order valence-electron chi connectivity index (χ0n) is 16.6. The molecule has 29 heavy (non-hydrogen) atoms. The Morgan fingerprint density at radius 1 is 1.34 bits per heavy atom. The second-order valence-electron chi connectivity index (χ2n) is 6.49. The van der Waals surface area contributed by atoms with E-state index < -0.39 is 63.2 Å². The number of aliphatic hydroxyl groups is 1. The average Bonchev–Trinajstić information content (AvgIpc) is 2.61. The topological polar surface area (TPSA) is 149 Å². The van der Waals surface area contributed by atoms with Crippen LogP contribution in [0.2, 0.25) is 0 Å². The number of H-pyrrole nitrogens is 1. The summed E-state index contributed by atoms with van der Waals surface area (Å²) in [7, 11) is -2.92. The molecule has 5 atom stereocenters. The lowest BCUT2D eigenvalue weighted by atomic mass is 10.2. The van der Waals surface area contributed by atoms with Crippen LogP contribution in [0.3, 0.4) is 0 Å². The summed E-state index contributed by atoms with van der Waals surface area (Å²) < 4.78 is 41.7. The van der Waals surface area contributed by atoms with Crippen LogP contribution in [0.1, 0.15) is 33.9 Å². The molecule has 0 saturated heterocycles. The number of carbonyl (C=O) groups is 1. The van der Waals surface area contributed by atoms with Crippen LogP contribution in [0.15, 0.2) is 21.9 Å². The van der Waals surface area contributed by atoms with E-state index in [1.165, 1.54) is 13.8 Å². The van der Waals surface area contributed by atoms with Gasteiger partial charge in [-0.15, -0.1) is 0 Å². The minimum absolute atomic E-state index is 0.336. The summed E-state index contributed by atoms with van der Waals surface area (Å²) in [4.78, 5) is 36.6. The van der Waals surface area contributed by atoms with Gasteiger partial charge in [-0.25, -0.2) is 14.3 Å². The standard InChI is InChI=1S/C16H27FN3O8P/c1-9(2)27-15(23)10(3)19-29(25)26-8-12(11(4)21)28-14(7-17)20-6-5-13(22)18-16(20)24/h5-6,9-12,14,21,29H,7-8H2,1-4H3,(H,19,25)(H,18,22,24)/t10-,11-,12+,14+/m0/s1. The summed E-state index contributed by atoms with van der Waals surface area (Å²) in [6.45, 7) is 4.57. The van der Waals surface area contributed by atoms with Crippen LogP contribution in [0, 0.1) is 0 Å². The quantitative estimate of drug-likeness (QED) is 0.305. The number of rotatable bonds is 12. The highest BCUT2D eigenvalue weighted by molar-refractivity contribution is 7.36. The molecule has 1 unspecified atom stereocenters. The predicted molar refractivity (Wildman–Crippen MR) is 102 cm³/mol. The van der Waals surface area contributed by atoms with Crippen molar-refractivity contribution >= 4 is 14.1 Å². The van der Waals surface area contributed by atoms with Crippen molar-refractivity contribution in [2.24, 2.45) is 0 Å². The first-order valence-corrected chi connectivity index (χ1v) is 10.2. The highest BCUT2D eigenvalue weighted by atomic mass is 31.1. The largest absolute Gasteiger partial charge is 0.462 e. The molecule has 166 valence electrons. The van der Waals surface area contributed by atoms with E-state index in [1.807, 2.05) is 4.98 Å². The van der Waals surface area contributed by atoms with Crippen molar-refractivity contribution in [1.82, 2.24) is 14.6 Å². The fourth-order valence-electron chi connectivity index (χ4n) is 2.09. The number of hydrogen-bond donors (Lipinski definition) is 3. The van der Waals surface area contributed by atoms with E-state index in [0.29, 0.717) is 0 Å². The summed E-state index contributed by atoms with van der Waals surface area (Å²) >= 11 is 0. The monoisotopic (exact) mass is 439 g/mol. The molecule has 11 nitrogen and oxygen atoms in total. The average molecular weight is 439 g/mol. The number of esters is 1. The number of nitrogens with zero attached hydrogens (tertiary/aromatic N) is 1. The SMILES string of the molecule is CC(C)OC(=O)[C@H](C)N[PH](=O)OC[C@@H](O[C@H](CF)n1ccc(=O)[nH]c1=O)[C@H](C)O. The summed E-state index contributed by atoms with van der Waals surface area (Å²) in [6, 6.07) is 0.120. The van der Waals surface area contributed by atoms with Crippen molar-refractivity contribution in [3.63, 3.8) is 0 Å². The van der Waals surface area contributed by atoms with Gasteiger partial charge in [0.15, 0.2) is 6.23 Å². The van der Waals surface area contributed by atoms with Crippen molar-refractivity contribution in [3.05, 3.63) is 33.1 Å². The Labute approximate surface area is 167 Å². The number of halogens is 1. The van der Waals surface area contributed by atoms with Gasteiger partial charge in [0.1, 0.15) is 18.8 Å². The van der Waals surface area contributed by atoms with E-state index in [-0.39, 0.29) is 6.10 Å². The van der Waals surface area contributed by atoms with Crippen LogP contribution < -0.4 is 16.3 Å². The van der Waals surface area contributed by atoms with Crippen LogP contribution in [-0.4, -0.2) is 58.3 Å². The van der Waals surface area contributed by atoms with Gasteiger partial charge in [-0.2, -0.15) is 0 Å². The van der Waals surface area contributed by atoms with Gasteiger partial charge in [-0.05, 0) is 27.7 Å². The van der Waals surface area contributed by atoms with Gasteiger partial charge >= 0.3 is 11.7 Å². The van der Waals surface area contributed by atoms with Crippen LogP contribution in [0.5, 0.6) is 0 Å². The smallest absolute Gasteiger partial charge is 0.330 e. The third kappa shape index (κ3) is 8.58. The highest BCUT2D eigenvalue weighted by Gasteiger charge is 2.25. The van der Waals surface area contributed by atoms with Crippen molar-refractivity contribution in [2.45, 2.75) is 58.3 Å². The molecule has 0 aliphatic rings. The van der Waals surface area contributed by atoms with Gasteiger partial charge in [0.05, 0.1) is 18.8 Å². The molecule has 1 heterocycles. The fraction of sp³-hybridized carbons (Fsp3) is 0.688. The van der Waals surface area contributed by atoms with Crippen molar-refractivity contribution in [2.75, 3.05) is 13.3 Å². The summed E-state index contributed by atoms with van der Waals surface area (Å²) in [5.74, 6) is -0.611. The highest BCUT2D eigenvalue weighted by Crippen LogP contribution is 2.21. The lowest BCUT2D eigenvalue weighted by Crippen LogP contribution is -2.39. The molecule has 1 aromatic heterocycles. The van der Waals surface area contributed by atoms with Crippen LogP contribution in [0.25, 0.3) is 0 Å². The Morgan fingerprint density at radius 3 is 2.52 bits per heavy atom. The van der Waals surface area contributed by atoms with Crippen LogP contribution >= 0.6 is 8.18 Å². The predicted octanol–water partition coefficient (Wildman–Crippen LogP) is 0.107. The van der Waals surface area contributed by atoms with E-state index in [2.05, 4.69) is 5.09 Å². The van der Waals surface area contributed by atoms with E-state index in [0.717, 1.165) is 16.8 Å². The number of aromatic nitrogens is 2. The van der Waals surface area contributed by atoms with Gasteiger partial charge in [-0.1, -0.05) is 0 Å². The Balaban J connectivity index is 2.70. The Hall–Kier alpha value is -1.85. The number of aromatic amines is 1. The fourth-order valence-corrected chi connectivity index (χ4v) is 2.96. The van der Waals surface area contributed by atoms with Gasteiger partial charge in [-0.3, -0.25) is 23.7 Å². The molecule has 0 aromatic carbocycles. The lowest BCUT2D eigenvalue weighted by molar-refractivity contribution is -0.149. The number of hydrogen-bond acceptors (Lipinski definition) is 8. The molecule has 0 bridgehead atoms. The molecule has 0 amide bonds. The maximum absolute atomic E-state index is 13.4. The second-order valence-corrected chi connectivity index (χ2v) is 7.64. The van der Waals surface area contributed by atoms with Gasteiger partial charge < -0.3 is 19.1 Å². The molecule has 0 radical (unpaired) electrons. The van der Waals surface area contributed by atoms with Crippen molar-refractivity contribution in [1.29, 1.82) is 0 Å². The first-order valence-electron chi connectivity index (χ1n) is 8.89. The van der Waals surface area contributed by atoms with Gasteiger partial charge in [0, 0.05) is 12.3 Å². The number of nitrogens with one attached hydrogen (secondary N) is 2. The second kappa shape index (κ2) is 12.0. The maximum Gasteiger partial charge on any atom is 0.330 e. The van der Waals surface area contributed by atoms with Crippen LogP contribution in [0.4, 0.5) is 4.39 Å². The number of ether oxygens (including phenoxy) is 2. The van der Waals surface area contributed by atoms with Crippen molar-refractivity contribution in [3.8, 4) is 0 Å². The molecule has 13 heteroatoms. The summed E-state index contributed by atoms with van der Waals surface area (Å²) in [5, 5.41) is 12.3. The molecular weight excluding hydrogens is 412 g/mol. The lowest BCUT2D eigenvalue weighted by Gasteiger charge is -2.26.